The van der Waals surface area contributed by atoms with E-state index < -0.39 is 0 Å². The van der Waals surface area contributed by atoms with Crippen molar-refractivity contribution in [2.75, 3.05) is 32.8 Å². The van der Waals surface area contributed by atoms with Crippen molar-refractivity contribution in [3.63, 3.8) is 0 Å². The number of nitrogens with zero attached hydrogens (tertiary/aromatic N) is 1. The van der Waals surface area contributed by atoms with Crippen LogP contribution in [0.1, 0.15) is 27.2 Å². The molecule has 2 rings (SSSR count). The van der Waals surface area contributed by atoms with E-state index in [-0.39, 0.29) is 0 Å². The molecule has 1 atom stereocenters. The molecule has 3 nitrogen and oxygen atoms in total. The summed E-state index contributed by atoms with van der Waals surface area (Å²) in [4.78, 5) is 2.55. The van der Waals surface area contributed by atoms with E-state index in [0.29, 0.717) is 17.5 Å². The molecule has 15 heavy (non-hydrogen) atoms. The predicted molar refractivity (Wildman–Crippen MR) is 62.0 cm³/mol. The van der Waals surface area contributed by atoms with E-state index in [4.69, 9.17) is 4.74 Å². The maximum atomic E-state index is 5.26. The standard InChI is InChI=1S/C12H24N2O/c1-10(2)14-5-4-11(6-14)13-7-12(3)8-15-9-12/h10-11,13H,4-9H2,1-3H3. The Kier molecular flexibility index (Phi) is 3.33. The number of nitrogens with one attached hydrogen (secondary N) is 1. The molecule has 0 spiro atoms. The molecule has 1 N–H and O–H groups in total. The first kappa shape index (κ1) is 11.4. The first-order valence-corrected chi connectivity index (χ1v) is 6.14. The Balaban J connectivity index is 1.68. The van der Waals surface area contributed by atoms with Gasteiger partial charge in [-0.1, -0.05) is 6.92 Å². The highest BCUT2D eigenvalue weighted by atomic mass is 16.5. The zero-order valence-electron chi connectivity index (χ0n) is 10.3. The highest BCUT2D eigenvalue weighted by Crippen LogP contribution is 2.25. The summed E-state index contributed by atoms with van der Waals surface area (Å²) in [6.45, 7) is 12.3. The Morgan fingerprint density at radius 3 is 2.67 bits per heavy atom. The highest BCUT2D eigenvalue weighted by Gasteiger charge is 2.34. The largest absolute Gasteiger partial charge is 0.380 e. The molecule has 0 radical (unpaired) electrons. The summed E-state index contributed by atoms with van der Waals surface area (Å²) in [7, 11) is 0. The fourth-order valence-electron chi connectivity index (χ4n) is 2.37. The van der Waals surface area contributed by atoms with Crippen molar-refractivity contribution in [2.24, 2.45) is 5.41 Å². The lowest BCUT2D eigenvalue weighted by Gasteiger charge is -2.39. The molecule has 2 saturated heterocycles. The summed E-state index contributed by atoms with van der Waals surface area (Å²) in [6.07, 6.45) is 1.30. The summed E-state index contributed by atoms with van der Waals surface area (Å²) in [6, 6.07) is 1.39. The minimum Gasteiger partial charge on any atom is -0.380 e. The average Bonchev–Trinajstić information content (AvgIpc) is 2.60. The van der Waals surface area contributed by atoms with Gasteiger partial charge in [-0.15, -0.1) is 0 Å². The number of ether oxygens (including phenoxy) is 1. The van der Waals surface area contributed by atoms with Gasteiger partial charge in [0.25, 0.3) is 0 Å². The van der Waals surface area contributed by atoms with E-state index >= 15 is 0 Å². The fraction of sp³-hybridized carbons (Fsp3) is 1.00. The lowest BCUT2D eigenvalue weighted by Crippen LogP contribution is -2.50. The van der Waals surface area contributed by atoms with Crippen LogP contribution < -0.4 is 5.32 Å². The monoisotopic (exact) mass is 212 g/mol. The normalized spacial score (nSPS) is 30.8. The van der Waals surface area contributed by atoms with E-state index in [1.54, 1.807) is 0 Å². The summed E-state index contributed by atoms with van der Waals surface area (Å²) < 4.78 is 5.26. The maximum Gasteiger partial charge on any atom is 0.0554 e. The van der Waals surface area contributed by atoms with E-state index in [1.165, 1.54) is 19.5 Å². The molecule has 2 aliphatic heterocycles. The van der Waals surface area contributed by atoms with Crippen LogP contribution in [0, 0.1) is 5.41 Å². The Hall–Kier alpha value is -0.120. The average molecular weight is 212 g/mol. The molecule has 0 aromatic rings. The first-order chi connectivity index (χ1) is 7.09. The van der Waals surface area contributed by atoms with E-state index in [0.717, 1.165) is 19.8 Å². The smallest absolute Gasteiger partial charge is 0.0554 e. The Bertz CT molecular complexity index is 214. The molecular weight excluding hydrogens is 188 g/mol. The number of likely N-dealkylation sites (tertiary alicyclic amines) is 1. The Labute approximate surface area is 93.2 Å². The summed E-state index contributed by atoms with van der Waals surface area (Å²) in [5.74, 6) is 0. The zero-order valence-corrected chi connectivity index (χ0v) is 10.3. The van der Waals surface area contributed by atoms with Gasteiger partial charge in [0, 0.05) is 30.6 Å². The summed E-state index contributed by atoms with van der Waals surface area (Å²) >= 11 is 0. The van der Waals surface area contributed by atoms with Crippen molar-refractivity contribution in [1.82, 2.24) is 10.2 Å². The van der Waals surface area contributed by atoms with Gasteiger partial charge >= 0.3 is 0 Å². The van der Waals surface area contributed by atoms with Crippen LogP contribution >= 0.6 is 0 Å². The van der Waals surface area contributed by atoms with Crippen LogP contribution in [0.25, 0.3) is 0 Å². The second-order valence-corrected chi connectivity index (χ2v) is 5.76. The molecule has 3 heteroatoms. The quantitative estimate of drug-likeness (QED) is 0.755. The van der Waals surface area contributed by atoms with Crippen molar-refractivity contribution >= 4 is 0 Å². The Morgan fingerprint density at radius 1 is 1.47 bits per heavy atom. The molecule has 0 aliphatic carbocycles. The second-order valence-electron chi connectivity index (χ2n) is 5.76. The fourth-order valence-corrected chi connectivity index (χ4v) is 2.37. The molecule has 0 amide bonds. The van der Waals surface area contributed by atoms with E-state index in [2.05, 4.69) is 31.0 Å². The third-order valence-electron chi connectivity index (χ3n) is 3.67. The minimum absolute atomic E-state index is 0.408. The van der Waals surface area contributed by atoms with Gasteiger partial charge in [0.1, 0.15) is 0 Å². The van der Waals surface area contributed by atoms with Crippen molar-refractivity contribution in [3.8, 4) is 0 Å². The molecule has 2 fully saturated rings. The lowest BCUT2D eigenvalue weighted by molar-refractivity contribution is -0.0999. The topological polar surface area (TPSA) is 24.5 Å². The third kappa shape index (κ3) is 2.71. The molecule has 2 aliphatic rings. The molecule has 0 aromatic heterocycles. The molecule has 0 saturated carbocycles. The van der Waals surface area contributed by atoms with Gasteiger partial charge in [0.2, 0.25) is 0 Å². The van der Waals surface area contributed by atoms with Gasteiger partial charge < -0.3 is 10.1 Å². The van der Waals surface area contributed by atoms with Gasteiger partial charge in [-0.3, -0.25) is 4.90 Å². The number of rotatable bonds is 4. The SMILES string of the molecule is CC(C)N1CCC(NCC2(C)COC2)C1. The van der Waals surface area contributed by atoms with Gasteiger partial charge in [-0.25, -0.2) is 0 Å². The van der Waals surface area contributed by atoms with Crippen molar-refractivity contribution in [2.45, 2.75) is 39.3 Å². The molecule has 2 heterocycles. The molecule has 0 bridgehead atoms. The summed E-state index contributed by atoms with van der Waals surface area (Å²) in [5, 5.41) is 3.69. The van der Waals surface area contributed by atoms with Gasteiger partial charge in [0.15, 0.2) is 0 Å². The summed E-state index contributed by atoms with van der Waals surface area (Å²) in [5.41, 5.74) is 0.408. The van der Waals surface area contributed by atoms with Crippen LogP contribution in [0.2, 0.25) is 0 Å². The third-order valence-corrected chi connectivity index (χ3v) is 3.67. The van der Waals surface area contributed by atoms with Crippen molar-refractivity contribution in [3.05, 3.63) is 0 Å². The highest BCUT2D eigenvalue weighted by molar-refractivity contribution is 4.88. The van der Waals surface area contributed by atoms with Crippen LogP contribution in [-0.2, 0) is 4.74 Å². The van der Waals surface area contributed by atoms with Crippen molar-refractivity contribution < 1.29 is 4.74 Å². The lowest BCUT2D eigenvalue weighted by atomic mass is 9.88. The molecular formula is C12H24N2O. The second kappa shape index (κ2) is 4.40. The molecule has 88 valence electrons. The number of hydrogen-bond donors (Lipinski definition) is 1. The van der Waals surface area contributed by atoms with Crippen LogP contribution in [-0.4, -0.2) is 49.8 Å². The van der Waals surface area contributed by atoms with Crippen LogP contribution in [0.4, 0.5) is 0 Å². The number of hydrogen-bond acceptors (Lipinski definition) is 3. The van der Waals surface area contributed by atoms with Gasteiger partial charge in [0.05, 0.1) is 13.2 Å². The van der Waals surface area contributed by atoms with E-state index in [9.17, 15) is 0 Å². The zero-order chi connectivity index (χ0) is 10.9. The van der Waals surface area contributed by atoms with Crippen molar-refractivity contribution in [1.29, 1.82) is 0 Å². The van der Waals surface area contributed by atoms with E-state index in [1.807, 2.05) is 0 Å². The molecule has 1 unspecified atom stereocenters. The Morgan fingerprint density at radius 2 is 2.20 bits per heavy atom. The van der Waals surface area contributed by atoms with Crippen LogP contribution in [0.15, 0.2) is 0 Å². The predicted octanol–water partition coefficient (Wildman–Crippen LogP) is 1.10. The van der Waals surface area contributed by atoms with Crippen LogP contribution in [0.3, 0.4) is 0 Å². The van der Waals surface area contributed by atoms with Gasteiger partial charge in [-0.2, -0.15) is 0 Å². The maximum absolute atomic E-state index is 5.26. The van der Waals surface area contributed by atoms with Gasteiger partial charge in [-0.05, 0) is 26.8 Å². The molecule has 0 aromatic carbocycles. The first-order valence-electron chi connectivity index (χ1n) is 6.14. The minimum atomic E-state index is 0.408. The van der Waals surface area contributed by atoms with Crippen LogP contribution in [0.5, 0.6) is 0 Å².